The monoisotopic (exact) mass is 266 g/mol. The van der Waals surface area contributed by atoms with Gasteiger partial charge < -0.3 is 4.90 Å². The van der Waals surface area contributed by atoms with Crippen LogP contribution in [0.1, 0.15) is 30.1 Å². The number of carbonyl (C=O) groups excluding carboxylic acids is 1. The van der Waals surface area contributed by atoms with Crippen LogP contribution < -0.4 is 0 Å². The Bertz CT molecular complexity index is 567. The molecule has 0 unspecified atom stereocenters. The molecular formula is C13H15FN2OS. The molecule has 0 aliphatic heterocycles. The third kappa shape index (κ3) is 2.51. The second kappa shape index (κ2) is 5.44. The van der Waals surface area contributed by atoms with Crippen LogP contribution in [0.2, 0.25) is 0 Å². The zero-order valence-corrected chi connectivity index (χ0v) is 11.3. The predicted octanol–water partition coefficient (Wildman–Crippen LogP) is 3.31. The van der Waals surface area contributed by atoms with Gasteiger partial charge in [-0.25, -0.2) is 9.37 Å². The highest BCUT2D eigenvalue weighted by Gasteiger charge is 2.17. The second-order valence-corrected chi connectivity index (χ2v) is 5.05. The third-order valence-corrected chi connectivity index (χ3v) is 3.70. The Morgan fingerprint density at radius 1 is 1.44 bits per heavy atom. The summed E-state index contributed by atoms with van der Waals surface area (Å²) in [5.74, 6) is -0.369. The van der Waals surface area contributed by atoms with E-state index in [1.807, 2.05) is 13.8 Å². The topological polar surface area (TPSA) is 33.2 Å². The minimum absolute atomic E-state index is 0.0686. The molecule has 3 nitrogen and oxygen atoms in total. The van der Waals surface area contributed by atoms with E-state index in [0.29, 0.717) is 21.8 Å². The quantitative estimate of drug-likeness (QED) is 0.850. The summed E-state index contributed by atoms with van der Waals surface area (Å²) >= 11 is 1.25. The molecule has 0 saturated heterocycles. The number of benzene rings is 1. The van der Waals surface area contributed by atoms with Gasteiger partial charge in [0.1, 0.15) is 5.82 Å². The van der Waals surface area contributed by atoms with E-state index in [1.54, 1.807) is 11.0 Å². The van der Waals surface area contributed by atoms with Crippen LogP contribution in [0.15, 0.2) is 18.2 Å². The summed E-state index contributed by atoms with van der Waals surface area (Å²) in [5.41, 5.74) is 0.678. The van der Waals surface area contributed by atoms with Gasteiger partial charge in [0.2, 0.25) is 0 Å². The van der Waals surface area contributed by atoms with Crippen molar-refractivity contribution in [1.82, 2.24) is 9.88 Å². The summed E-state index contributed by atoms with van der Waals surface area (Å²) in [7, 11) is 0. The molecule has 1 aromatic carbocycles. The molecule has 0 spiro atoms. The first-order valence-corrected chi connectivity index (χ1v) is 6.82. The van der Waals surface area contributed by atoms with E-state index in [-0.39, 0.29) is 11.7 Å². The molecule has 0 aliphatic rings. The molecule has 0 aliphatic carbocycles. The molecule has 0 fully saturated rings. The van der Waals surface area contributed by atoms with Crippen molar-refractivity contribution in [3.05, 3.63) is 29.0 Å². The van der Waals surface area contributed by atoms with Crippen molar-refractivity contribution in [3.63, 3.8) is 0 Å². The maximum atomic E-state index is 13.1. The Morgan fingerprint density at radius 2 is 2.22 bits per heavy atom. The van der Waals surface area contributed by atoms with Crippen molar-refractivity contribution in [2.45, 2.75) is 20.3 Å². The fourth-order valence-electron chi connectivity index (χ4n) is 1.80. The van der Waals surface area contributed by atoms with Crippen LogP contribution in [0, 0.1) is 5.82 Å². The number of fused-ring (bicyclic) bond motifs is 1. The fraction of sp³-hybridized carbons (Fsp3) is 0.385. The SMILES string of the molecule is CCCN(CC)C(=O)c1nc2ccc(F)cc2s1. The van der Waals surface area contributed by atoms with Crippen LogP contribution in [0.5, 0.6) is 0 Å². The predicted molar refractivity (Wildman–Crippen MR) is 71.4 cm³/mol. The van der Waals surface area contributed by atoms with Crippen molar-refractivity contribution in [2.24, 2.45) is 0 Å². The number of thiazole rings is 1. The highest BCUT2D eigenvalue weighted by Crippen LogP contribution is 2.23. The number of hydrogen-bond acceptors (Lipinski definition) is 3. The lowest BCUT2D eigenvalue weighted by Gasteiger charge is -2.18. The number of amides is 1. The summed E-state index contributed by atoms with van der Waals surface area (Å²) in [5, 5.41) is 0.436. The van der Waals surface area contributed by atoms with Crippen molar-refractivity contribution in [2.75, 3.05) is 13.1 Å². The number of hydrogen-bond donors (Lipinski definition) is 0. The van der Waals surface area contributed by atoms with E-state index in [0.717, 1.165) is 13.0 Å². The molecule has 0 saturated carbocycles. The van der Waals surface area contributed by atoms with Crippen molar-refractivity contribution in [1.29, 1.82) is 0 Å². The highest BCUT2D eigenvalue weighted by atomic mass is 32.1. The Kier molecular flexibility index (Phi) is 3.91. The Morgan fingerprint density at radius 3 is 2.89 bits per heavy atom. The molecular weight excluding hydrogens is 251 g/mol. The summed E-state index contributed by atoms with van der Waals surface area (Å²) in [4.78, 5) is 18.2. The molecule has 5 heteroatoms. The van der Waals surface area contributed by atoms with Gasteiger partial charge in [-0.1, -0.05) is 6.92 Å². The van der Waals surface area contributed by atoms with Crippen molar-refractivity contribution < 1.29 is 9.18 Å². The van der Waals surface area contributed by atoms with Crippen molar-refractivity contribution >= 4 is 27.5 Å². The van der Waals surface area contributed by atoms with Gasteiger partial charge in [-0.3, -0.25) is 4.79 Å². The standard InChI is InChI=1S/C13H15FN2OS/c1-3-7-16(4-2)13(17)12-15-10-6-5-9(14)8-11(10)18-12/h5-6,8H,3-4,7H2,1-2H3. The lowest BCUT2D eigenvalue weighted by Crippen LogP contribution is -2.31. The average Bonchev–Trinajstić information content (AvgIpc) is 2.77. The van der Waals surface area contributed by atoms with Crippen molar-refractivity contribution in [3.8, 4) is 0 Å². The summed E-state index contributed by atoms with van der Waals surface area (Å²) < 4.78 is 13.8. The molecule has 0 atom stereocenters. The molecule has 1 aromatic heterocycles. The number of nitrogens with zero attached hydrogens (tertiary/aromatic N) is 2. The fourth-order valence-corrected chi connectivity index (χ4v) is 2.76. The minimum atomic E-state index is -0.300. The second-order valence-electron chi connectivity index (χ2n) is 4.02. The van der Waals surface area contributed by atoms with Crippen LogP contribution in [-0.2, 0) is 0 Å². The maximum absolute atomic E-state index is 13.1. The molecule has 1 heterocycles. The van der Waals surface area contributed by atoms with Gasteiger partial charge in [0.05, 0.1) is 10.2 Å². The Balaban J connectivity index is 2.32. The number of carbonyl (C=O) groups is 1. The number of halogens is 1. The lowest BCUT2D eigenvalue weighted by atomic mass is 10.3. The normalized spacial score (nSPS) is 10.8. The molecule has 2 rings (SSSR count). The minimum Gasteiger partial charge on any atom is -0.337 e. The van der Waals surface area contributed by atoms with E-state index in [4.69, 9.17) is 0 Å². The smallest absolute Gasteiger partial charge is 0.282 e. The highest BCUT2D eigenvalue weighted by molar-refractivity contribution is 7.20. The van der Waals surface area contributed by atoms with Gasteiger partial charge in [-0.05, 0) is 31.5 Å². The van der Waals surface area contributed by atoms with Crippen LogP contribution in [0.3, 0.4) is 0 Å². The first-order chi connectivity index (χ1) is 8.65. The van der Waals surface area contributed by atoms with Gasteiger partial charge in [-0.2, -0.15) is 0 Å². The van der Waals surface area contributed by atoms with Gasteiger partial charge in [-0.15, -0.1) is 11.3 Å². The van der Waals surface area contributed by atoms with Gasteiger partial charge in [0, 0.05) is 13.1 Å². The lowest BCUT2D eigenvalue weighted by molar-refractivity contribution is 0.0764. The van der Waals surface area contributed by atoms with E-state index in [2.05, 4.69) is 4.98 Å². The van der Waals surface area contributed by atoms with Crippen LogP contribution >= 0.6 is 11.3 Å². The summed E-state index contributed by atoms with van der Waals surface area (Å²) in [6, 6.07) is 4.38. The third-order valence-electron chi connectivity index (χ3n) is 2.70. The molecule has 0 bridgehead atoms. The van der Waals surface area contributed by atoms with E-state index < -0.39 is 0 Å². The largest absolute Gasteiger partial charge is 0.337 e. The first kappa shape index (κ1) is 13.0. The zero-order valence-electron chi connectivity index (χ0n) is 10.4. The summed E-state index contributed by atoms with van der Waals surface area (Å²) in [6.45, 7) is 5.36. The van der Waals surface area contributed by atoms with Crippen LogP contribution in [0.25, 0.3) is 10.2 Å². The Hall–Kier alpha value is -1.49. The molecule has 2 aromatic rings. The van der Waals surface area contributed by atoms with Crippen LogP contribution in [0.4, 0.5) is 4.39 Å². The van der Waals surface area contributed by atoms with E-state index >= 15 is 0 Å². The molecule has 96 valence electrons. The molecule has 0 N–H and O–H groups in total. The van der Waals surface area contributed by atoms with Gasteiger partial charge >= 0.3 is 0 Å². The maximum Gasteiger partial charge on any atom is 0.282 e. The summed E-state index contributed by atoms with van der Waals surface area (Å²) in [6.07, 6.45) is 0.916. The van der Waals surface area contributed by atoms with Gasteiger partial charge in [0.15, 0.2) is 5.01 Å². The average molecular weight is 266 g/mol. The van der Waals surface area contributed by atoms with Gasteiger partial charge in [0.25, 0.3) is 5.91 Å². The van der Waals surface area contributed by atoms with Crippen LogP contribution in [-0.4, -0.2) is 28.9 Å². The van der Waals surface area contributed by atoms with E-state index in [1.165, 1.54) is 23.5 Å². The number of rotatable bonds is 4. The number of aromatic nitrogens is 1. The first-order valence-electron chi connectivity index (χ1n) is 6.01. The zero-order chi connectivity index (χ0) is 13.1. The molecule has 1 amide bonds. The molecule has 0 radical (unpaired) electrons. The van der Waals surface area contributed by atoms with E-state index in [9.17, 15) is 9.18 Å². The molecule has 18 heavy (non-hydrogen) atoms. The Labute approximate surface area is 109 Å².